The Hall–Kier alpha value is -0.860. The van der Waals surface area contributed by atoms with E-state index in [1.807, 2.05) is 0 Å². The average molecular weight is 450 g/mol. The summed E-state index contributed by atoms with van der Waals surface area (Å²) in [6.45, 7) is 15.6. The van der Waals surface area contributed by atoms with Crippen LogP contribution in [0.25, 0.3) is 0 Å². The Morgan fingerprint density at radius 3 is 2.62 bits per heavy atom. The van der Waals surface area contributed by atoms with Crippen LogP contribution in [0, 0.1) is 5.41 Å². The van der Waals surface area contributed by atoms with Crippen molar-refractivity contribution in [2.75, 3.05) is 13.1 Å². The van der Waals surface area contributed by atoms with Crippen molar-refractivity contribution in [2.45, 2.75) is 73.4 Å². The van der Waals surface area contributed by atoms with Gasteiger partial charge in [-0.1, -0.05) is 27.7 Å². The molecule has 0 bridgehead atoms. The van der Waals surface area contributed by atoms with Gasteiger partial charge in [0, 0.05) is 25.6 Å². The summed E-state index contributed by atoms with van der Waals surface area (Å²) in [5, 5.41) is 14.9. The fourth-order valence-electron chi connectivity index (χ4n) is 2.28. The van der Waals surface area contributed by atoms with Crippen LogP contribution in [0.1, 0.15) is 60.2 Å². The minimum absolute atomic E-state index is 0. The molecule has 140 valence electrons. The zero-order chi connectivity index (χ0) is 17.3. The van der Waals surface area contributed by atoms with Crippen LogP contribution in [0.15, 0.2) is 11.3 Å². The maximum Gasteiger partial charge on any atom is 0.191 e. The highest BCUT2D eigenvalue weighted by atomic mass is 127. The zero-order valence-electron chi connectivity index (χ0n) is 16.1. The Morgan fingerprint density at radius 2 is 2.04 bits per heavy atom. The Bertz CT molecular complexity index is 478. The number of hydrogen-bond acceptors (Lipinski definition) is 3. The monoisotopic (exact) mass is 450 g/mol. The molecule has 0 aliphatic carbocycles. The van der Waals surface area contributed by atoms with E-state index in [2.05, 4.69) is 71.9 Å². The first-order valence-corrected chi connectivity index (χ1v) is 8.77. The Balaban J connectivity index is 0.00000529. The molecule has 1 aromatic heterocycles. The molecule has 0 amide bonds. The fraction of sp³-hybridized carbons (Fsp3) is 0.824. The lowest BCUT2D eigenvalue weighted by molar-refractivity contribution is 0.346. The van der Waals surface area contributed by atoms with Gasteiger partial charge in [0.1, 0.15) is 12.2 Å². The number of halogens is 1. The van der Waals surface area contributed by atoms with Gasteiger partial charge in [0.25, 0.3) is 0 Å². The lowest BCUT2D eigenvalue weighted by atomic mass is 9.89. The van der Waals surface area contributed by atoms with Crippen molar-refractivity contribution in [1.82, 2.24) is 25.4 Å². The molecule has 0 spiro atoms. The van der Waals surface area contributed by atoms with Crippen molar-refractivity contribution in [3.05, 3.63) is 12.2 Å². The molecular formula is C17H35IN6. The summed E-state index contributed by atoms with van der Waals surface area (Å²) < 4.78 is 2.07. The molecule has 2 N–H and O–H groups in total. The van der Waals surface area contributed by atoms with Gasteiger partial charge in [-0.15, -0.1) is 34.2 Å². The van der Waals surface area contributed by atoms with E-state index < -0.39 is 0 Å². The first kappa shape index (κ1) is 23.1. The van der Waals surface area contributed by atoms with Gasteiger partial charge in [-0.2, -0.15) is 0 Å². The topological polar surface area (TPSA) is 67.1 Å². The van der Waals surface area contributed by atoms with E-state index in [4.69, 9.17) is 0 Å². The van der Waals surface area contributed by atoms with Crippen molar-refractivity contribution in [3.8, 4) is 0 Å². The van der Waals surface area contributed by atoms with Gasteiger partial charge in [-0.05, 0) is 32.1 Å². The highest BCUT2D eigenvalue weighted by Gasteiger charge is 2.13. The van der Waals surface area contributed by atoms with E-state index >= 15 is 0 Å². The molecule has 1 rings (SSSR count). The molecule has 1 atom stereocenters. The smallest absolute Gasteiger partial charge is 0.191 e. The second-order valence-corrected chi connectivity index (χ2v) is 7.20. The van der Waals surface area contributed by atoms with Crippen LogP contribution in [-0.4, -0.2) is 39.9 Å². The molecule has 0 aliphatic heterocycles. The first-order valence-electron chi connectivity index (χ1n) is 8.77. The van der Waals surface area contributed by atoms with Crippen molar-refractivity contribution in [1.29, 1.82) is 0 Å². The summed E-state index contributed by atoms with van der Waals surface area (Å²) in [7, 11) is 0. The van der Waals surface area contributed by atoms with E-state index in [9.17, 15) is 0 Å². The molecule has 0 fully saturated rings. The van der Waals surface area contributed by atoms with Crippen LogP contribution in [0.4, 0.5) is 0 Å². The number of rotatable bonds is 8. The molecule has 24 heavy (non-hydrogen) atoms. The minimum atomic E-state index is 0. The molecule has 0 saturated heterocycles. The van der Waals surface area contributed by atoms with Gasteiger partial charge in [-0.3, -0.25) is 4.99 Å². The SMILES string of the molecule is CCNC(=NCCn1cnnc1CC)NC(C)CCC(C)(C)C.I. The summed E-state index contributed by atoms with van der Waals surface area (Å²) in [6.07, 6.45) is 5.01. The third kappa shape index (κ3) is 9.44. The number of aryl methyl sites for hydroxylation is 1. The molecule has 6 nitrogen and oxygen atoms in total. The molecule has 1 aromatic rings. The third-order valence-electron chi connectivity index (χ3n) is 3.68. The van der Waals surface area contributed by atoms with Crippen LogP contribution >= 0.6 is 24.0 Å². The normalized spacial score (nSPS) is 13.3. The predicted molar refractivity (Wildman–Crippen MR) is 112 cm³/mol. The molecule has 1 heterocycles. The van der Waals surface area contributed by atoms with Crippen molar-refractivity contribution >= 4 is 29.9 Å². The van der Waals surface area contributed by atoms with E-state index in [1.54, 1.807) is 6.33 Å². The van der Waals surface area contributed by atoms with E-state index in [0.717, 1.165) is 37.7 Å². The number of guanidine groups is 1. The minimum Gasteiger partial charge on any atom is -0.357 e. The number of aromatic nitrogens is 3. The van der Waals surface area contributed by atoms with Gasteiger partial charge >= 0.3 is 0 Å². The predicted octanol–water partition coefficient (Wildman–Crippen LogP) is 3.23. The zero-order valence-corrected chi connectivity index (χ0v) is 18.4. The molecule has 1 unspecified atom stereocenters. The standard InChI is InChI=1S/C17H34N6.HI/c1-7-15-22-20-13-23(15)12-11-19-16(18-8-2)21-14(3)9-10-17(4,5)6;/h13-14H,7-12H2,1-6H3,(H2,18,19,21);1H. The second kappa shape index (κ2) is 11.7. The maximum absolute atomic E-state index is 4.67. The number of aliphatic imine (C=N–C) groups is 1. The van der Waals surface area contributed by atoms with Crippen LogP contribution in [-0.2, 0) is 13.0 Å². The van der Waals surface area contributed by atoms with E-state index in [0.29, 0.717) is 18.0 Å². The van der Waals surface area contributed by atoms with E-state index in [1.165, 1.54) is 6.42 Å². The maximum atomic E-state index is 4.67. The lowest BCUT2D eigenvalue weighted by Gasteiger charge is -2.23. The van der Waals surface area contributed by atoms with Gasteiger partial charge in [0.05, 0.1) is 6.54 Å². The molecule has 0 aromatic carbocycles. The highest BCUT2D eigenvalue weighted by Crippen LogP contribution is 2.21. The van der Waals surface area contributed by atoms with Gasteiger partial charge in [0.2, 0.25) is 0 Å². The summed E-state index contributed by atoms with van der Waals surface area (Å²) in [5.74, 6) is 1.90. The summed E-state index contributed by atoms with van der Waals surface area (Å²) in [6, 6.07) is 0.410. The summed E-state index contributed by atoms with van der Waals surface area (Å²) in [5.41, 5.74) is 0.371. The van der Waals surface area contributed by atoms with Gasteiger partial charge in [0.15, 0.2) is 5.96 Å². The number of hydrogen-bond donors (Lipinski definition) is 2. The van der Waals surface area contributed by atoms with Gasteiger partial charge in [-0.25, -0.2) is 0 Å². The lowest BCUT2D eigenvalue weighted by Crippen LogP contribution is -2.42. The molecule has 0 aliphatic rings. The third-order valence-corrected chi connectivity index (χ3v) is 3.68. The average Bonchev–Trinajstić information content (AvgIpc) is 2.92. The van der Waals surface area contributed by atoms with Crippen LogP contribution < -0.4 is 10.6 Å². The number of nitrogens with one attached hydrogen (secondary N) is 2. The first-order chi connectivity index (χ1) is 10.9. The Morgan fingerprint density at radius 1 is 1.33 bits per heavy atom. The summed E-state index contributed by atoms with van der Waals surface area (Å²) >= 11 is 0. The highest BCUT2D eigenvalue weighted by molar-refractivity contribution is 14.0. The van der Waals surface area contributed by atoms with Crippen LogP contribution in [0.5, 0.6) is 0 Å². The largest absolute Gasteiger partial charge is 0.357 e. The quantitative estimate of drug-likeness (QED) is 0.363. The van der Waals surface area contributed by atoms with Crippen molar-refractivity contribution in [3.63, 3.8) is 0 Å². The summed E-state index contributed by atoms with van der Waals surface area (Å²) in [4.78, 5) is 4.67. The van der Waals surface area contributed by atoms with Gasteiger partial charge < -0.3 is 15.2 Å². The fourth-order valence-corrected chi connectivity index (χ4v) is 2.28. The molecule has 0 radical (unpaired) electrons. The van der Waals surface area contributed by atoms with Crippen LogP contribution in [0.3, 0.4) is 0 Å². The molecule has 7 heteroatoms. The molecular weight excluding hydrogens is 415 g/mol. The van der Waals surface area contributed by atoms with Crippen molar-refractivity contribution < 1.29 is 0 Å². The Kier molecular flexibility index (Phi) is 11.2. The Labute approximate surface area is 164 Å². The van der Waals surface area contributed by atoms with E-state index in [-0.39, 0.29) is 24.0 Å². The molecule has 0 saturated carbocycles. The number of nitrogens with zero attached hydrogens (tertiary/aromatic N) is 4. The van der Waals surface area contributed by atoms with Crippen molar-refractivity contribution in [2.24, 2.45) is 10.4 Å². The second-order valence-electron chi connectivity index (χ2n) is 7.20. The van der Waals surface area contributed by atoms with Crippen LogP contribution in [0.2, 0.25) is 0 Å².